The molecule has 10 heteroatoms. The predicted molar refractivity (Wildman–Crippen MR) is 178 cm³/mol. The van der Waals surface area contributed by atoms with E-state index in [2.05, 4.69) is 51.9 Å². The molecular weight excluding hydrogens is 574 g/mol. The van der Waals surface area contributed by atoms with E-state index in [0.29, 0.717) is 12.8 Å². The van der Waals surface area contributed by atoms with Gasteiger partial charge in [0.2, 0.25) is 0 Å². The number of nitrogens with one attached hydrogen (secondary N) is 1. The summed E-state index contributed by atoms with van der Waals surface area (Å²) in [5.41, 5.74) is -2.13. The number of aliphatic hydroxyl groups excluding tert-OH is 1. The molecular formula is C35H67N3O7. The fourth-order valence-corrected chi connectivity index (χ4v) is 7.15. The number of ketones is 1. The minimum absolute atomic E-state index is 0.0204. The molecule has 2 aliphatic heterocycles. The number of carbonyl (C=O) groups excluding carboxylic acids is 2. The van der Waals surface area contributed by atoms with Crippen molar-refractivity contribution >= 4 is 11.8 Å². The van der Waals surface area contributed by atoms with Gasteiger partial charge in [0.15, 0.2) is 12.1 Å². The number of cyclic esters (lactones) is 1. The molecule has 2 heterocycles. The molecule has 2 rings (SSSR count). The number of ether oxygens (including phenoxy) is 4. The maximum atomic E-state index is 14.2. The normalized spacial score (nSPS) is 37.0. The number of methoxy groups -OCH3 is 1. The first-order chi connectivity index (χ1) is 20.6. The predicted octanol–water partition coefficient (Wildman–Crippen LogP) is 3.98. The minimum Gasteiger partial charge on any atom is -0.463 e. The molecule has 2 aliphatic rings. The third kappa shape index (κ3) is 10.7. The third-order valence-electron chi connectivity index (χ3n) is 10.0. The number of hydrogen-bond donors (Lipinski definition) is 2. The van der Waals surface area contributed by atoms with Crippen molar-refractivity contribution in [3.05, 3.63) is 0 Å². The Bertz CT molecular complexity index is 954. The molecule has 10 nitrogen and oxygen atoms in total. The quantitative estimate of drug-likeness (QED) is 0.218. The van der Waals surface area contributed by atoms with Gasteiger partial charge < -0.3 is 34.3 Å². The molecule has 2 N–H and O–H groups in total. The second-order valence-electron chi connectivity index (χ2n) is 16.3. The highest BCUT2D eigenvalue weighted by Gasteiger charge is 2.51. The number of nitrogens with zero attached hydrogens (tertiary/aromatic N) is 2. The highest BCUT2D eigenvalue weighted by Crippen LogP contribution is 2.38. The summed E-state index contributed by atoms with van der Waals surface area (Å²) in [6, 6.07) is -0.192. The van der Waals surface area contributed by atoms with E-state index in [1.54, 1.807) is 27.9 Å². The first-order valence-electron chi connectivity index (χ1n) is 17.0. The molecule has 0 aromatic carbocycles. The minimum atomic E-state index is -1.42. The van der Waals surface area contributed by atoms with Gasteiger partial charge in [-0.05, 0) is 98.4 Å². The monoisotopic (exact) mass is 641 g/mol. The molecule has 45 heavy (non-hydrogen) atoms. The Balaban J connectivity index is 2.43. The third-order valence-corrected chi connectivity index (χ3v) is 10.0. The molecule has 264 valence electrons. The summed E-state index contributed by atoms with van der Waals surface area (Å²) < 4.78 is 25.0. The molecule has 10 atom stereocenters. The summed E-state index contributed by atoms with van der Waals surface area (Å²) >= 11 is 0. The lowest BCUT2D eigenvalue weighted by molar-refractivity contribution is -0.295. The fraction of sp³-hybridized carbons (Fsp3) is 0.943. The van der Waals surface area contributed by atoms with E-state index in [4.69, 9.17) is 18.9 Å². The van der Waals surface area contributed by atoms with Gasteiger partial charge in [-0.15, -0.1) is 0 Å². The van der Waals surface area contributed by atoms with E-state index in [1.165, 1.54) is 0 Å². The molecule has 0 bridgehead atoms. The van der Waals surface area contributed by atoms with Crippen LogP contribution >= 0.6 is 0 Å². The van der Waals surface area contributed by atoms with Crippen LogP contribution in [-0.4, -0.2) is 123 Å². The first-order valence-corrected chi connectivity index (χ1v) is 17.0. The zero-order valence-corrected chi connectivity index (χ0v) is 30.9. The Kier molecular flexibility index (Phi) is 14.5. The lowest BCUT2D eigenvalue weighted by Crippen LogP contribution is -2.59. The van der Waals surface area contributed by atoms with Gasteiger partial charge in [-0.3, -0.25) is 14.5 Å². The average Bonchev–Trinajstić information content (AvgIpc) is 2.93. The molecule has 0 spiro atoms. The van der Waals surface area contributed by atoms with Crippen LogP contribution in [0.3, 0.4) is 0 Å². The number of rotatable bonds is 9. The highest BCUT2D eigenvalue weighted by molar-refractivity contribution is 6.04. The molecule has 0 aromatic heterocycles. The van der Waals surface area contributed by atoms with Gasteiger partial charge in [-0.25, -0.2) is 0 Å². The van der Waals surface area contributed by atoms with Gasteiger partial charge in [-0.1, -0.05) is 41.5 Å². The standard InChI is InChI=1S/C35H67N3O7/c1-22-18-35(10,42-14)30(45-31-28(39)26(37(11)12)17-24(3)44-31)25(4)29(40)34(8,9)32(41)43-20-27(38(13)19-22)23(2)15-16-36-21-33(5,6)7/h22-28,30-31,36,39H,15-21H2,1-14H3/t22-,23?,24-,25+,26+,27+,28-,30-,31+,35-/m1/s1. The lowest BCUT2D eigenvalue weighted by Gasteiger charge is -2.47. The van der Waals surface area contributed by atoms with Gasteiger partial charge in [0, 0.05) is 31.7 Å². The Morgan fingerprint density at radius 1 is 1.16 bits per heavy atom. The lowest BCUT2D eigenvalue weighted by atomic mass is 9.74. The zero-order valence-electron chi connectivity index (χ0n) is 30.9. The average molecular weight is 642 g/mol. The van der Waals surface area contributed by atoms with E-state index in [0.717, 1.165) is 26.1 Å². The Labute approximate surface area is 274 Å². The first kappa shape index (κ1) is 40.0. The molecule has 0 aromatic rings. The van der Waals surface area contributed by atoms with E-state index >= 15 is 0 Å². The smallest absolute Gasteiger partial charge is 0.319 e. The second kappa shape index (κ2) is 16.3. The van der Waals surface area contributed by atoms with E-state index in [-0.39, 0.29) is 47.8 Å². The summed E-state index contributed by atoms with van der Waals surface area (Å²) in [5.74, 6) is -1.20. The van der Waals surface area contributed by atoms with Gasteiger partial charge >= 0.3 is 5.97 Å². The van der Waals surface area contributed by atoms with Crippen LogP contribution in [0, 0.1) is 28.6 Å². The van der Waals surface area contributed by atoms with Crippen LogP contribution in [0.5, 0.6) is 0 Å². The molecule has 0 radical (unpaired) electrons. The summed E-state index contributed by atoms with van der Waals surface area (Å²) in [5, 5.41) is 14.9. The SMILES string of the molecule is CO[C@]1(C)C[C@@H](C)CN(C)[C@H](C(C)CCNCC(C)(C)C)COC(=O)C(C)(C)C(=O)[C@H](C)[C@H]1O[C@@H]1O[C@H](C)C[C@H](N(C)C)[C@H]1O. The van der Waals surface area contributed by atoms with Crippen molar-refractivity contribution in [2.24, 2.45) is 28.6 Å². The Morgan fingerprint density at radius 2 is 1.78 bits per heavy atom. The number of hydrogen-bond acceptors (Lipinski definition) is 10. The molecule has 2 saturated heterocycles. The van der Waals surface area contributed by atoms with Crippen molar-refractivity contribution in [2.45, 2.75) is 131 Å². The number of likely N-dealkylation sites (N-methyl/N-ethyl adjacent to an activating group) is 2. The van der Waals surface area contributed by atoms with Gasteiger partial charge in [0.05, 0.1) is 17.8 Å². The van der Waals surface area contributed by atoms with Crippen LogP contribution in [-0.2, 0) is 28.5 Å². The van der Waals surface area contributed by atoms with Gasteiger partial charge in [0.1, 0.15) is 18.1 Å². The van der Waals surface area contributed by atoms with Crippen molar-refractivity contribution < 1.29 is 33.6 Å². The van der Waals surface area contributed by atoms with Crippen molar-refractivity contribution in [3.8, 4) is 0 Å². The Hall–Kier alpha value is -1.14. The van der Waals surface area contributed by atoms with E-state index < -0.39 is 41.4 Å². The van der Waals surface area contributed by atoms with Crippen LogP contribution in [0.15, 0.2) is 0 Å². The van der Waals surface area contributed by atoms with Gasteiger partial charge in [-0.2, -0.15) is 0 Å². The van der Waals surface area contributed by atoms with Crippen molar-refractivity contribution in [1.82, 2.24) is 15.1 Å². The number of carbonyl (C=O) groups is 2. The van der Waals surface area contributed by atoms with Crippen LogP contribution in [0.2, 0.25) is 0 Å². The molecule has 0 saturated carbocycles. The topological polar surface area (TPSA) is 110 Å². The largest absolute Gasteiger partial charge is 0.463 e. The second-order valence-corrected chi connectivity index (χ2v) is 16.3. The summed E-state index contributed by atoms with van der Waals surface area (Å²) in [7, 11) is 7.58. The van der Waals surface area contributed by atoms with Crippen LogP contribution in [0.1, 0.15) is 88.5 Å². The van der Waals surface area contributed by atoms with Gasteiger partial charge in [0.25, 0.3) is 0 Å². The van der Waals surface area contributed by atoms with Crippen molar-refractivity contribution in [1.29, 1.82) is 0 Å². The summed E-state index contributed by atoms with van der Waals surface area (Å²) in [4.78, 5) is 32.1. The Morgan fingerprint density at radius 3 is 2.33 bits per heavy atom. The highest BCUT2D eigenvalue weighted by atomic mass is 16.7. The van der Waals surface area contributed by atoms with Crippen molar-refractivity contribution in [3.63, 3.8) is 0 Å². The maximum absolute atomic E-state index is 14.2. The molecule has 0 aliphatic carbocycles. The van der Waals surface area contributed by atoms with Crippen LogP contribution in [0.4, 0.5) is 0 Å². The molecule has 1 unspecified atom stereocenters. The van der Waals surface area contributed by atoms with Crippen LogP contribution < -0.4 is 5.32 Å². The fourth-order valence-electron chi connectivity index (χ4n) is 7.15. The summed E-state index contributed by atoms with van der Waals surface area (Å²) in [6.07, 6.45) is -0.660. The van der Waals surface area contributed by atoms with Crippen molar-refractivity contribution in [2.75, 3.05) is 54.5 Å². The summed E-state index contributed by atoms with van der Waals surface area (Å²) in [6.45, 7) is 22.7. The number of Topliss-reactive ketones (excluding diaryl/α,β-unsaturated/α-hetero) is 1. The number of esters is 1. The maximum Gasteiger partial charge on any atom is 0.319 e. The van der Waals surface area contributed by atoms with E-state index in [1.807, 2.05) is 32.8 Å². The van der Waals surface area contributed by atoms with Crippen LogP contribution in [0.25, 0.3) is 0 Å². The molecule has 0 amide bonds. The zero-order chi connectivity index (χ0) is 34.5. The van der Waals surface area contributed by atoms with E-state index in [9.17, 15) is 14.7 Å². The molecule has 2 fully saturated rings. The number of aliphatic hydroxyl groups is 1.